The summed E-state index contributed by atoms with van der Waals surface area (Å²) in [4.78, 5) is 5.29. The predicted octanol–water partition coefficient (Wildman–Crippen LogP) is 16.2. The van der Waals surface area contributed by atoms with Crippen LogP contribution in [-0.2, 0) is 0 Å². The van der Waals surface area contributed by atoms with E-state index in [2.05, 4.69) is 61.0 Å². The number of rotatable bonds is 26. The van der Waals surface area contributed by atoms with Crippen LogP contribution in [-0.4, -0.2) is 13.2 Å². The lowest BCUT2D eigenvalue weighted by atomic mass is 10.1. The van der Waals surface area contributed by atoms with Gasteiger partial charge in [-0.15, -0.1) is 45.3 Å². The van der Waals surface area contributed by atoms with Crippen LogP contribution >= 0.6 is 45.3 Å². The first-order valence-corrected chi connectivity index (χ1v) is 22.6. The Morgan fingerprint density at radius 2 is 0.792 bits per heavy atom. The van der Waals surface area contributed by atoms with Crippen LogP contribution in [0.2, 0.25) is 0 Å². The largest absolute Gasteiger partial charge is 0.488 e. The van der Waals surface area contributed by atoms with E-state index in [0.29, 0.717) is 0 Å². The van der Waals surface area contributed by atoms with Gasteiger partial charge >= 0.3 is 0 Å². The third-order valence-electron chi connectivity index (χ3n) is 9.39. The van der Waals surface area contributed by atoms with Gasteiger partial charge in [-0.1, -0.05) is 142 Å². The molecule has 48 heavy (non-hydrogen) atoms. The second-order valence-electron chi connectivity index (χ2n) is 13.4. The molecular formula is C42H58O2S4. The average molecular weight is 723 g/mol. The Labute approximate surface area is 306 Å². The van der Waals surface area contributed by atoms with Gasteiger partial charge in [0.25, 0.3) is 0 Å². The maximum absolute atomic E-state index is 6.81. The molecule has 0 spiro atoms. The Hall–Kier alpha value is -1.86. The van der Waals surface area contributed by atoms with Crippen molar-refractivity contribution >= 4 is 65.5 Å². The first-order chi connectivity index (χ1) is 23.8. The zero-order chi connectivity index (χ0) is 33.2. The van der Waals surface area contributed by atoms with Crippen molar-refractivity contribution in [2.75, 3.05) is 13.2 Å². The topological polar surface area (TPSA) is 18.5 Å². The van der Waals surface area contributed by atoms with Gasteiger partial charge in [0.1, 0.15) is 0 Å². The van der Waals surface area contributed by atoms with E-state index in [1.807, 2.05) is 45.3 Å². The fourth-order valence-corrected chi connectivity index (χ4v) is 10.6. The van der Waals surface area contributed by atoms with Crippen LogP contribution in [0.3, 0.4) is 0 Å². The summed E-state index contributed by atoms with van der Waals surface area (Å²) in [5.41, 5.74) is 0. The van der Waals surface area contributed by atoms with Gasteiger partial charge in [-0.3, -0.25) is 0 Å². The van der Waals surface area contributed by atoms with Gasteiger partial charge in [0.2, 0.25) is 0 Å². The second-order valence-corrected chi connectivity index (χ2v) is 17.4. The van der Waals surface area contributed by atoms with Crippen molar-refractivity contribution in [2.24, 2.45) is 0 Å². The minimum absolute atomic E-state index is 0.751. The zero-order valence-corrected chi connectivity index (χ0v) is 32.9. The maximum Gasteiger partial charge on any atom is 0.180 e. The van der Waals surface area contributed by atoms with Crippen LogP contribution in [0.4, 0.5) is 0 Å². The number of unbranched alkanes of at least 4 members (excludes halogenated alkanes) is 18. The fourth-order valence-electron chi connectivity index (χ4n) is 6.60. The number of hydrogen-bond acceptors (Lipinski definition) is 6. The highest BCUT2D eigenvalue weighted by molar-refractivity contribution is 7.27. The van der Waals surface area contributed by atoms with Crippen molar-refractivity contribution in [3.63, 3.8) is 0 Å². The van der Waals surface area contributed by atoms with Crippen molar-refractivity contribution in [1.29, 1.82) is 0 Å². The third kappa shape index (κ3) is 11.1. The molecular weight excluding hydrogens is 665 g/mol. The molecule has 5 rings (SSSR count). The third-order valence-corrected chi connectivity index (χ3v) is 13.8. The van der Waals surface area contributed by atoms with Crippen LogP contribution in [0.25, 0.3) is 39.7 Å². The quantitative estimate of drug-likeness (QED) is 0.0529. The van der Waals surface area contributed by atoms with Crippen LogP contribution in [0.15, 0.2) is 47.2 Å². The molecule has 0 bridgehead atoms. The van der Waals surface area contributed by atoms with Crippen molar-refractivity contribution in [2.45, 2.75) is 142 Å². The van der Waals surface area contributed by atoms with E-state index in [0.717, 1.165) is 37.6 Å². The van der Waals surface area contributed by atoms with E-state index >= 15 is 0 Å². The molecule has 4 aromatic heterocycles. The van der Waals surface area contributed by atoms with Crippen LogP contribution in [0.1, 0.15) is 142 Å². The van der Waals surface area contributed by atoms with Crippen molar-refractivity contribution < 1.29 is 9.47 Å². The number of hydrogen-bond donors (Lipinski definition) is 0. The Bertz CT molecular complexity index is 1440. The second kappa shape index (κ2) is 21.4. The molecule has 0 saturated carbocycles. The van der Waals surface area contributed by atoms with Crippen LogP contribution in [0, 0.1) is 0 Å². The lowest BCUT2D eigenvalue weighted by molar-refractivity contribution is 0.264. The van der Waals surface area contributed by atoms with Gasteiger partial charge in [0, 0.05) is 30.3 Å². The van der Waals surface area contributed by atoms with E-state index < -0.39 is 0 Å². The molecule has 0 fully saturated rings. The predicted molar refractivity (Wildman–Crippen MR) is 219 cm³/mol. The Kier molecular flexibility index (Phi) is 16.7. The molecule has 0 aliphatic rings. The van der Waals surface area contributed by atoms with Gasteiger partial charge in [-0.25, -0.2) is 0 Å². The summed E-state index contributed by atoms with van der Waals surface area (Å²) in [6, 6.07) is 13.6. The number of benzene rings is 1. The van der Waals surface area contributed by atoms with E-state index in [9.17, 15) is 0 Å². The highest BCUT2D eigenvalue weighted by atomic mass is 32.1. The van der Waals surface area contributed by atoms with Gasteiger partial charge in [-0.05, 0) is 47.9 Å². The molecule has 2 nitrogen and oxygen atoms in total. The molecule has 6 heteroatoms. The molecule has 4 heterocycles. The minimum atomic E-state index is 0.751. The molecule has 5 aromatic rings. The molecule has 0 aliphatic heterocycles. The molecule has 0 saturated heterocycles. The van der Waals surface area contributed by atoms with Gasteiger partial charge in [0.05, 0.1) is 22.6 Å². The summed E-state index contributed by atoms with van der Waals surface area (Å²) in [6.45, 7) is 6.09. The molecule has 0 aliphatic carbocycles. The maximum atomic E-state index is 6.81. The molecule has 262 valence electrons. The zero-order valence-electron chi connectivity index (χ0n) is 29.6. The van der Waals surface area contributed by atoms with E-state index in [4.69, 9.17) is 9.47 Å². The number of thiophene rings is 4. The van der Waals surface area contributed by atoms with Crippen molar-refractivity contribution in [3.05, 3.63) is 47.2 Å². The normalized spacial score (nSPS) is 11.7. The number of fused-ring (bicyclic) bond motifs is 3. The first-order valence-electron chi connectivity index (χ1n) is 19.2. The van der Waals surface area contributed by atoms with E-state index in [1.165, 1.54) is 155 Å². The first kappa shape index (κ1) is 37.4. The summed E-state index contributed by atoms with van der Waals surface area (Å²) >= 11 is 7.38. The lowest BCUT2D eigenvalue weighted by Crippen LogP contribution is -2.03. The fraction of sp³-hybridized carbons (Fsp3) is 0.571. The molecule has 0 atom stereocenters. The average Bonchev–Trinajstić information content (AvgIpc) is 3.93. The Morgan fingerprint density at radius 1 is 0.438 bits per heavy atom. The molecule has 0 radical (unpaired) electrons. The SMILES string of the molecule is CCCCCCCCCCCCOc1c(OCCCCCCCCCCCC)c2sc(-c3cccs3)cc2c2cc(-c3cccs3)sc12. The highest BCUT2D eigenvalue weighted by Crippen LogP contribution is 2.53. The molecule has 0 N–H and O–H groups in total. The smallest absolute Gasteiger partial charge is 0.180 e. The lowest BCUT2D eigenvalue weighted by Gasteiger charge is -2.15. The highest BCUT2D eigenvalue weighted by Gasteiger charge is 2.23. The monoisotopic (exact) mass is 722 g/mol. The van der Waals surface area contributed by atoms with E-state index in [-0.39, 0.29) is 0 Å². The molecule has 1 aromatic carbocycles. The van der Waals surface area contributed by atoms with Crippen LogP contribution in [0.5, 0.6) is 11.5 Å². The van der Waals surface area contributed by atoms with Gasteiger partial charge in [-0.2, -0.15) is 0 Å². The Balaban J connectivity index is 1.28. The number of ether oxygens (including phenoxy) is 2. The summed E-state index contributed by atoms with van der Waals surface area (Å²) < 4.78 is 16.1. The Morgan fingerprint density at radius 3 is 1.12 bits per heavy atom. The summed E-state index contributed by atoms with van der Waals surface area (Å²) in [5, 5.41) is 6.97. The van der Waals surface area contributed by atoms with Gasteiger partial charge in [0.15, 0.2) is 11.5 Å². The van der Waals surface area contributed by atoms with Crippen molar-refractivity contribution in [1.82, 2.24) is 0 Å². The summed E-state index contributed by atoms with van der Waals surface area (Å²) in [5.74, 6) is 1.96. The molecule has 0 unspecified atom stereocenters. The van der Waals surface area contributed by atoms with E-state index in [1.54, 1.807) is 0 Å². The van der Waals surface area contributed by atoms with Crippen LogP contribution < -0.4 is 9.47 Å². The van der Waals surface area contributed by atoms with Crippen molar-refractivity contribution in [3.8, 4) is 31.0 Å². The summed E-state index contributed by atoms with van der Waals surface area (Å²) in [7, 11) is 0. The minimum Gasteiger partial charge on any atom is -0.488 e. The van der Waals surface area contributed by atoms with Gasteiger partial charge < -0.3 is 9.47 Å². The standard InChI is InChI=1S/C42H58O2S4/c1-3-5-7-9-11-13-15-17-19-21-27-43-39-40(44-28-22-20-18-16-14-12-10-8-6-4-2)42-34(32-38(48-42)36-26-24-30-46-36)33-31-37(47-41(33)39)35-25-23-29-45-35/h23-26,29-32H,3-22,27-28H2,1-2H3. The summed E-state index contributed by atoms with van der Waals surface area (Å²) in [6.07, 6.45) is 26.6. The molecule has 0 amide bonds.